The zero-order chi connectivity index (χ0) is 20.3. The first kappa shape index (κ1) is 19.5. The number of benzene rings is 2. The predicted molar refractivity (Wildman–Crippen MR) is 110 cm³/mol. The van der Waals surface area contributed by atoms with E-state index in [1.54, 1.807) is 31.2 Å². The van der Waals surface area contributed by atoms with Crippen LogP contribution in [0, 0.1) is 13.8 Å². The van der Waals surface area contributed by atoms with Crippen molar-refractivity contribution in [1.82, 2.24) is 0 Å². The van der Waals surface area contributed by atoms with E-state index in [0.29, 0.717) is 22.2 Å². The Morgan fingerprint density at radius 2 is 1.79 bits per heavy atom. The number of rotatable bonds is 5. The van der Waals surface area contributed by atoms with Crippen LogP contribution in [0.3, 0.4) is 0 Å². The molecule has 2 aromatic carbocycles. The molecular weight excluding hydrogens is 378 g/mol. The number of carboxylic acids is 1. The molecule has 0 radical (unpaired) electrons. The van der Waals surface area contributed by atoms with Gasteiger partial charge in [-0.15, -0.1) is 0 Å². The molecule has 0 aliphatic heterocycles. The summed E-state index contributed by atoms with van der Waals surface area (Å²) in [6, 6.07) is 13.8. The molecule has 28 heavy (non-hydrogen) atoms. The van der Waals surface area contributed by atoms with Gasteiger partial charge >= 0.3 is 5.97 Å². The molecule has 2 N–H and O–H groups in total. The molecule has 3 aromatic rings. The number of hydrogen-bond donors (Lipinski definition) is 2. The number of hydrogen-bond acceptors (Lipinski definition) is 3. The average molecular weight is 396 g/mol. The second kappa shape index (κ2) is 8.15. The Morgan fingerprint density at radius 3 is 2.50 bits per heavy atom. The molecule has 142 valence electrons. The number of aromatic carboxylic acids is 1. The van der Waals surface area contributed by atoms with Gasteiger partial charge in [-0.1, -0.05) is 29.8 Å². The van der Waals surface area contributed by atoms with Crippen LogP contribution in [0.5, 0.6) is 0 Å². The first-order valence-electron chi connectivity index (χ1n) is 8.53. The first-order valence-corrected chi connectivity index (χ1v) is 8.90. The number of amides is 1. The van der Waals surface area contributed by atoms with Gasteiger partial charge in [0.05, 0.1) is 5.56 Å². The van der Waals surface area contributed by atoms with Crippen molar-refractivity contribution in [1.29, 1.82) is 0 Å². The van der Waals surface area contributed by atoms with Crippen LogP contribution in [0.25, 0.3) is 17.4 Å². The highest BCUT2D eigenvalue weighted by molar-refractivity contribution is 6.31. The maximum atomic E-state index is 12.2. The lowest BCUT2D eigenvalue weighted by atomic mass is 10.1. The fourth-order valence-corrected chi connectivity index (χ4v) is 2.75. The summed E-state index contributed by atoms with van der Waals surface area (Å²) in [5.74, 6) is -0.280. The minimum Gasteiger partial charge on any atom is -0.478 e. The van der Waals surface area contributed by atoms with Gasteiger partial charge in [-0.3, -0.25) is 4.79 Å². The number of furan rings is 1. The molecule has 0 aliphatic carbocycles. The number of nitrogens with one attached hydrogen (secondary N) is 1. The highest BCUT2D eigenvalue weighted by Gasteiger charge is 2.09. The lowest BCUT2D eigenvalue weighted by molar-refractivity contribution is -0.111. The van der Waals surface area contributed by atoms with Crippen molar-refractivity contribution in [3.8, 4) is 11.3 Å². The molecule has 1 amide bonds. The Kier molecular flexibility index (Phi) is 5.66. The molecule has 0 saturated carbocycles. The number of carbonyl (C=O) groups is 2. The number of anilines is 1. The van der Waals surface area contributed by atoms with Gasteiger partial charge < -0.3 is 14.8 Å². The van der Waals surface area contributed by atoms with Crippen LogP contribution in [-0.4, -0.2) is 17.0 Å². The molecular formula is C22H18ClNO4. The summed E-state index contributed by atoms with van der Waals surface area (Å²) in [5.41, 5.74) is 3.15. The molecule has 1 aromatic heterocycles. The topological polar surface area (TPSA) is 79.5 Å². The third-order valence-corrected chi connectivity index (χ3v) is 4.63. The highest BCUT2D eigenvalue weighted by atomic mass is 35.5. The molecule has 0 spiro atoms. The second-order valence-electron chi connectivity index (χ2n) is 6.32. The average Bonchev–Trinajstić information content (AvgIpc) is 3.13. The van der Waals surface area contributed by atoms with Crippen LogP contribution in [-0.2, 0) is 4.79 Å². The molecule has 0 atom stereocenters. The van der Waals surface area contributed by atoms with Crippen molar-refractivity contribution in [3.05, 3.63) is 82.1 Å². The van der Waals surface area contributed by atoms with Crippen LogP contribution in [0.2, 0.25) is 5.02 Å². The normalized spacial score (nSPS) is 11.0. The van der Waals surface area contributed by atoms with Crippen molar-refractivity contribution in [2.45, 2.75) is 13.8 Å². The zero-order valence-corrected chi connectivity index (χ0v) is 16.1. The Labute approximate surface area is 167 Å². The minimum absolute atomic E-state index is 0.109. The molecule has 0 bridgehead atoms. The van der Waals surface area contributed by atoms with Crippen LogP contribution in [0.1, 0.15) is 27.2 Å². The number of carbonyl (C=O) groups excluding carboxylic acids is 1. The van der Waals surface area contributed by atoms with Crippen LogP contribution in [0.15, 0.2) is 59.0 Å². The molecule has 5 nitrogen and oxygen atoms in total. The van der Waals surface area contributed by atoms with Crippen molar-refractivity contribution in [3.63, 3.8) is 0 Å². The third-order valence-electron chi connectivity index (χ3n) is 4.22. The molecule has 3 rings (SSSR count). The fraction of sp³-hybridized carbons (Fsp3) is 0.0909. The summed E-state index contributed by atoms with van der Waals surface area (Å²) in [7, 11) is 0. The van der Waals surface area contributed by atoms with Crippen molar-refractivity contribution in [2.24, 2.45) is 0 Å². The molecule has 6 heteroatoms. The Balaban J connectivity index is 1.71. The molecule has 0 aliphatic rings. The van der Waals surface area contributed by atoms with Gasteiger partial charge in [0.25, 0.3) is 0 Å². The summed E-state index contributed by atoms with van der Waals surface area (Å²) < 4.78 is 5.74. The van der Waals surface area contributed by atoms with E-state index in [9.17, 15) is 9.59 Å². The first-order chi connectivity index (χ1) is 13.3. The third kappa shape index (κ3) is 4.50. The van der Waals surface area contributed by atoms with Crippen molar-refractivity contribution in [2.75, 3.05) is 5.32 Å². The number of halogens is 1. The fourth-order valence-electron chi connectivity index (χ4n) is 2.57. The van der Waals surface area contributed by atoms with E-state index in [-0.39, 0.29) is 11.5 Å². The van der Waals surface area contributed by atoms with Gasteiger partial charge in [0.1, 0.15) is 11.5 Å². The maximum Gasteiger partial charge on any atom is 0.335 e. The smallest absolute Gasteiger partial charge is 0.335 e. The Hall–Kier alpha value is -3.31. The van der Waals surface area contributed by atoms with Crippen LogP contribution >= 0.6 is 11.6 Å². The number of aryl methyl sites for hydroxylation is 2. The summed E-state index contributed by atoms with van der Waals surface area (Å²) in [4.78, 5) is 23.2. The highest BCUT2D eigenvalue weighted by Crippen LogP contribution is 2.27. The molecule has 0 fully saturated rings. The van der Waals surface area contributed by atoms with E-state index in [1.165, 1.54) is 18.2 Å². The monoisotopic (exact) mass is 395 g/mol. The van der Waals surface area contributed by atoms with Gasteiger partial charge in [-0.25, -0.2) is 4.79 Å². The Bertz CT molecular complexity index is 1080. The van der Waals surface area contributed by atoms with Crippen LogP contribution in [0.4, 0.5) is 5.69 Å². The van der Waals surface area contributed by atoms with E-state index in [1.807, 2.05) is 25.1 Å². The minimum atomic E-state index is -1.05. The number of carboxylic acid groups (broad SMARTS) is 1. The van der Waals surface area contributed by atoms with Crippen LogP contribution < -0.4 is 5.32 Å². The largest absolute Gasteiger partial charge is 0.478 e. The van der Waals surface area contributed by atoms with Crippen molar-refractivity contribution < 1.29 is 19.1 Å². The van der Waals surface area contributed by atoms with Crippen molar-refractivity contribution >= 4 is 35.2 Å². The SMILES string of the molecule is Cc1ccc(-c2ccc(/C=C/C(=O)Nc3cc(C(=O)O)ccc3C)o2)cc1Cl. The predicted octanol–water partition coefficient (Wildman–Crippen LogP) is 5.57. The van der Waals surface area contributed by atoms with E-state index < -0.39 is 5.97 Å². The van der Waals surface area contributed by atoms with Gasteiger partial charge in [0.15, 0.2) is 0 Å². The Morgan fingerprint density at radius 1 is 1.04 bits per heavy atom. The lowest BCUT2D eigenvalue weighted by Crippen LogP contribution is -2.10. The van der Waals surface area contributed by atoms with E-state index >= 15 is 0 Å². The zero-order valence-electron chi connectivity index (χ0n) is 15.3. The summed E-state index contributed by atoms with van der Waals surface area (Å²) >= 11 is 6.15. The van der Waals surface area contributed by atoms with E-state index in [0.717, 1.165) is 16.7 Å². The molecule has 0 unspecified atom stereocenters. The lowest BCUT2D eigenvalue weighted by Gasteiger charge is -2.07. The summed E-state index contributed by atoms with van der Waals surface area (Å²) in [6.07, 6.45) is 2.88. The van der Waals surface area contributed by atoms with E-state index in [2.05, 4.69) is 5.32 Å². The molecule has 0 saturated heterocycles. The van der Waals surface area contributed by atoms with Gasteiger partial charge in [0, 0.05) is 22.3 Å². The van der Waals surface area contributed by atoms with E-state index in [4.69, 9.17) is 21.1 Å². The summed E-state index contributed by atoms with van der Waals surface area (Å²) in [6.45, 7) is 3.71. The standard InChI is InChI=1S/C22H18ClNO4/c1-13-3-5-15(11-18(13)23)20-9-7-17(28-20)8-10-21(25)24-19-12-16(22(26)27)6-4-14(19)2/h3-12H,1-2H3,(H,24,25)(H,26,27)/b10-8+. The summed E-state index contributed by atoms with van der Waals surface area (Å²) in [5, 5.41) is 12.4. The maximum absolute atomic E-state index is 12.2. The van der Waals surface area contributed by atoms with Gasteiger partial charge in [-0.05, 0) is 61.4 Å². The van der Waals surface area contributed by atoms with Gasteiger partial charge in [-0.2, -0.15) is 0 Å². The van der Waals surface area contributed by atoms with Gasteiger partial charge in [0.2, 0.25) is 5.91 Å². The molecule has 1 heterocycles. The second-order valence-corrected chi connectivity index (χ2v) is 6.73. The quantitative estimate of drug-likeness (QED) is 0.553.